The van der Waals surface area contributed by atoms with Gasteiger partial charge in [0.25, 0.3) is 0 Å². The van der Waals surface area contributed by atoms with Crippen molar-refractivity contribution < 1.29 is 14.7 Å². The van der Waals surface area contributed by atoms with Crippen LogP contribution in [0.2, 0.25) is 0 Å². The van der Waals surface area contributed by atoms with Crippen LogP contribution in [0.4, 0.5) is 5.82 Å². The maximum Gasteiger partial charge on any atom is 0.337 e. The van der Waals surface area contributed by atoms with Gasteiger partial charge < -0.3 is 24.2 Å². The maximum absolute atomic E-state index is 12.1. The van der Waals surface area contributed by atoms with Crippen molar-refractivity contribution in [2.24, 2.45) is 0 Å². The highest BCUT2D eigenvalue weighted by molar-refractivity contribution is 5.88. The third-order valence-corrected chi connectivity index (χ3v) is 4.28. The van der Waals surface area contributed by atoms with Gasteiger partial charge in [-0.05, 0) is 38.4 Å². The molecule has 3 heterocycles. The minimum atomic E-state index is -0.935. The summed E-state index contributed by atoms with van der Waals surface area (Å²) >= 11 is 0. The van der Waals surface area contributed by atoms with E-state index in [0.29, 0.717) is 19.6 Å². The minimum Gasteiger partial charge on any atom is -0.478 e. The van der Waals surface area contributed by atoms with Crippen LogP contribution in [0.15, 0.2) is 30.5 Å². The second kappa shape index (κ2) is 6.52. The molecule has 3 rings (SSSR count). The van der Waals surface area contributed by atoms with Crippen molar-refractivity contribution in [3.8, 4) is 0 Å². The largest absolute Gasteiger partial charge is 0.478 e. The van der Waals surface area contributed by atoms with Gasteiger partial charge in [-0.15, -0.1) is 0 Å². The summed E-state index contributed by atoms with van der Waals surface area (Å²) in [5.74, 6) is 0.177. The molecule has 0 atom stereocenters. The number of carbonyl (C=O) groups excluding carboxylic acids is 1. The third-order valence-electron chi connectivity index (χ3n) is 4.28. The van der Waals surface area contributed by atoms with Gasteiger partial charge in [0, 0.05) is 37.9 Å². The van der Waals surface area contributed by atoms with E-state index in [2.05, 4.69) is 4.90 Å². The Morgan fingerprint density at radius 1 is 1.08 bits per heavy atom. The lowest BCUT2D eigenvalue weighted by molar-refractivity contribution is -0.132. The van der Waals surface area contributed by atoms with Gasteiger partial charge in [0.2, 0.25) is 5.91 Å². The number of rotatable bonds is 4. The van der Waals surface area contributed by atoms with Crippen LogP contribution in [0, 0.1) is 0 Å². The summed E-state index contributed by atoms with van der Waals surface area (Å²) < 4.78 is 1.90. The lowest BCUT2D eigenvalue weighted by Crippen LogP contribution is -2.51. The zero-order valence-corrected chi connectivity index (χ0v) is 14.0. The van der Waals surface area contributed by atoms with Gasteiger partial charge in [0.05, 0.1) is 12.1 Å². The molecule has 0 aromatic carbocycles. The molecule has 0 aliphatic carbocycles. The molecule has 128 valence electrons. The summed E-state index contributed by atoms with van der Waals surface area (Å²) in [5, 5.41) is 9.18. The van der Waals surface area contributed by atoms with E-state index in [0.717, 1.165) is 24.4 Å². The van der Waals surface area contributed by atoms with E-state index in [1.165, 1.54) is 0 Å². The minimum absolute atomic E-state index is 0.146. The molecule has 2 aromatic heterocycles. The molecule has 24 heavy (non-hydrogen) atoms. The Morgan fingerprint density at radius 2 is 1.75 bits per heavy atom. The Kier molecular flexibility index (Phi) is 4.44. The summed E-state index contributed by atoms with van der Waals surface area (Å²) in [6, 6.07) is 7.39. The number of fused-ring (bicyclic) bond motifs is 1. The van der Waals surface area contributed by atoms with Crippen LogP contribution in [0.1, 0.15) is 10.4 Å². The second-order valence-electron chi connectivity index (χ2n) is 6.31. The van der Waals surface area contributed by atoms with Crippen LogP contribution in [-0.2, 0) is 4.79 Å². The predicted octanol–water partition coefficient (Wildman–Crippen LogP) is 0.848. The molecule has 7 heteroatoms. The molecular formula is C17H22N4O3. The standard InChI is InChI=1S/C17H22N4O3/c1-18(2)12-16(22)20-9-7-19(8-10-20)15-6-5-14-4-3-13(17(23)24)11-21(14)15/h3-6,11H,7-10,12H2,1-2H3,(H,23,24). The van der Waals surface area contributed by atoms with Gasteiger partial charge >= 0.3 is 5.97 Å². The maximum atomic E-state index is 12.1. The topological polar surface area (TPSA) is 68.5 Å². The molecule has 2 aromatic rings. The van der Waals surface area contributed by atoms with Crippen molar-refractivity contribution in [2.45, 2.75) is 0 Å². The van der Waals surface area contributed by atoms with Gasteiger partial charge in [-0.2, -0.15) is 0 Å². The first kappa shape index (κ1) is 16.3. The Hall–Kier alpha value is -2.54. The zero-order chi connectivity index (χ0) is 17.3. The zero-order valence-electron chi connectivity index (χ0n) is 14.0. The highest BCUT2D eigenvalue weighted by Crippen LogP contribution is 2.22. The number of amides is 1. The number of hydrogen-bond acceptors (Lipinski definition) is 4. The number of aromatic nitrogens is 1. The van der Waals surface area contributed by atoms with E-state index in [-0.39, 0.29) is 11.5 Å². The lowest BCUT2D eigenvalue weighted by atomic mass is 10.3. The van der Waals surface area contributed by atoms with Crippen LogP contribution in [0.5, 0.6) is 0 Å². The van der Waals surface area contributed by atoms with Gasteiger partial charge in [-0.1, -0.05) is 0 Å². The fourth-order valence-electron chi connectivity index (χ4n) is 3.03. The molecular weight excluding hydrogens is 308 g/mol. The predicted molar refractivity (Wildman–Crippen MR) is 91.7 cm³/mol. The van der Waals surface area contributed by atoms with E-state index in [1.54, 1.807) is 12.3 Å². The summed E-state index contributed by atoms with van der Waals surface area (Å²) in [5.41, 5.74) is 1.22. The first-order chi connectivity index (χ1) is 11.5. The summed E-state index contributed by atoms with van der Waals surface area (Å²) in [6.07, 6.45) is 1.65. The number of aromatic carboxylic acids is 1. The van der Waals surface area contributed by atoms with E-state index in [4.69, 9.17) is 0 Å². The number of pyridine rings is 1. The molecule has 0 radical (unpaired) electrons. The second-order valence-corrected chi connectivity index (χ2v) is 6.31. The molecule has 7 nitrogen and oxygen atoms in total. The highest BCUT2D eigenvalue weighted by Gasteiger charge is 2.23. The normalized spacial score (nSPS) is 15.3. The summed E-state index contributed by atoms with van der Waals surface area (Å²) in [7, 11) is 3.78. The van der Waals surface area contributed by atoms with Crippen molar-refractivity contribution >= 4 is 23.2 Å². The molecule has 1 amide bonds. The first-order valence-corrected chi connectivity index (χ1v) is 7.97. The SMILES string of the molecule is CN(C)CC(=O)N1CCN(c2ccc3ccc(C(=O)O)cn23)CC1. The number of likely N-dealkylation sites (N-methyl/N-ethyl adjacent to an activating group) is 1. The Bertz CT molecular complexity index is 760. The van der Waals surface area contributed by atoms with Crippen molar-refractivity contribution in [1.29, 1.82) is 0 Å². The van der Waals surface area contributed by atoms with Gasteiger partial charge in [0.1, 0.15) is 5.82 Å². The smallest absolute Gasteiger partial charge is 0.337 e. The monoisotopic (exact) mass is 330 g/mol. The number of piperazine rings is 1. The third kappa shape index (κ3) is 3.21. The number of carboxylic acid groups (broad SMARTS) is 1. The molecule has 1 fully saturated rings. The summed E-state index contributed by atoms with van der Waals surface area (Å²) in [4.78, 5) is 29.3. The number of carbonyl (C=O) groups is 2. The van der Waals surface area contributed by atoms with E-state index >= 15 is 0 Å². The average molecular weight is 330 g/mol. The fraction of sp³-hybridized carbons (Fsp3) is 0.412. The van der Waals surface area contributed by atoms with Gasteiger partial charge in [-0.25, -0.2) is 4.79 Å². The molecule has 0 unspecified atom stereocenters. The van der Waals surface area contributed by atoms with Crippen molar-refractivity contribution in [3.05, 3.63) is 36.0 Å². The molecule has 1 saturated heterocycles. The van der Waals surface area contributed by atoms with Crippen LogP contribution in [-0.4, -0.2) is 78.0 Å². The number of hydrogen-bond donors (Lipinski definition) is 1. The first-order valence-electron chi connectivity index (χ1n) is 7.97. The molecule has 1 aliphatic heterocycles. The average Bonchev–Trinajstić information content (AvgIpc) is 2.97. The van der Waals surface area contributed by atoms with Crippen LogP contribution in [0.3, 0.4) is 0 Å². The Labute approximate surface area is 140 Å². The van der Waals surface area contributed by atoms with Crippen LogP contribution < -0.4 is 4.90 Å². The number of carboxylic acids is 1. The lowest BCUT2D eigenvalue weighted by Gasteiger charge is -2.36. The number of anilines is 1. The quantitative estimate of drug-likeness (QED) is 0.900. The molecule has 1 aliphatic rings. The fourth-order valence-corrected chi connectivity index (χ4v) is 3.03. The molecule has 0 saturated carbocycles. The molecule has 0 spiro atoms. The number of nitrogens with zero attached hydrogens (tertiary/aromatic N) is 4. The Balaban J connectivity index is 1.75. The van der Waals surface area contributed by atoms with E-state index < -0.39 is 5.97 Å². The Morgan fingerprint density at radius 3 is 2.38 bits per heavy atom. The van der Waals surface area contributed by atoms with Gasteiger partial charge in [0.15, 0.2) is 0 Å². The van der Waals surface area contributed by atoms with Gasteiger partial charge in [-0.3, -0.25) is 4.79 Å². The van der Waals surface area contributed by atoms with E-state index in [1.807, 2.05) is 46.5 Å². The molecule has 1 N–H and O–H groups in total. The molecule has 0 bridgehead atoms. The van der Waals surface area contributed by atoms with Crippen molar-refractivity contribution in [3.63, 3.8) is 0 Å². The highest BCUT2D eigenvalue weighted by atomic mass is 16.4. The van der Waals surface area contributed by atoms with Crippen LogP contribution in [0.25, 0.3) is 5.52 Å². The van der Waals surface area contributed by atoms with Crippen LogP contribution >= 0.6 is 0 Å². The summed E-state index contributed by atoms with van der Waals surface area (Å²) in [6.45, 7) is 3.26. The van der Waals surface area contributed by atoms with Crippen molar-refractivity contribution in [1.82, 2.24) is 14.2 Å². The van der Waals surface area contributed by atoms with Crippen molar-refractivity contribution in [2.75, 3.05) is 51.7 Å². The van der Waals surface area contributed by atoms with E-state index in [9.17, 15) is 14.7 Å².